The molecule has 0 amide bonds. The first kappa shape index (κ1) is 17.6. The third-order valence-electron chi connectivity index (χ3n) is 3.88. The Morgan fingerprint density at radius 1 is 0.833 bits per heavy atom. The van der Waals surface area contributed by atoms with Gasteiger partial charge in [0, 0.05) is 13.4 Å². The molecule has 24 heavy (non-hydrogen) atoms. The van der Waals surface area contributed by atoms with Crippen LogP contribution in [0, 0.1) is 7.14 Å². The number of hydrogen-bond donors (Lipinski definition) is 0. The number of benzene rings is 3. The maximum absolute atomic E-state index is 4.73. The van der Waals surface area contributed by atoms with Crippen molar-refractivity contribution >= 4 is 51.4 Å². The molecule has 0 bridgehead atoms. The van der Waals surface area contributed by atoms with E-state index in [2.05, 4.69) is 119 Å². The highest BCUT2D eigenvalue weighted by atomic mass is 127. The molecule has 0 aliphatic heterocycles. The Kier molecular flexibility index (Phi) is 6.05. The number of nitrogens with zero attached hydrogens (tertiary/aromatic N) is 1. The van der Waals surface area contributed by atoms with Gasteiger partial charge in [-0.25, -0.2) is 0 Å². The molecule has 3 aromatic carbocycles. The average molecular weight is 537 g/mol. The van der Waals surface area contributed by atoms with Crippen molar-refractivity contribution in [2.24, 2.45) is 4.99 Å². The fourth-order valence-corrected chi connectivity index (χ4v) is 4.56. The van der Waals surface area contributed by atoms with Gasteiger partial charge in [-0.05, 0) is 86.5 Å². The van der Waals surface area contributed by atoms with E-state index in [0.29, 0.717) is 0 Å². The number of rotatable bonds is 4. The van der Waals surface area contributed by atoms with Gasteiger partial charge >= 0.3 is 0 Å². The van der Waals surface area contributed by atoms with Gasteiger partial charge in [-0.1, -0.05) is 60.7 Å². The number of aliphatic imine (C=N–C) groups is 1. The van der Waals surface area contributed by atoms with E-state index in [0.717, 1.165) is 5.56 Å². The van der Waals surface area contributed by atoms with Crippen molar-refractivity contribution in [2.45, 2.75) is 13.0 Å². The molecule has 0 aromatic heterocycles. The minimum Gasteiger partial charge on any atom is -0.285 e. The van der Waals surface area contributed by atoms with E-state index >= 15 is 0 Å². The van der Waals surface area contributed by atoms with Gasteiger partial charge in [0.25, 0.3) is 0 Å². The summed E-state index contributed by atoms with van der Waals surface area (Å²) in [6.07, 6.45) is 1.97. The second-order valence-electron chi connectivity index (χ2n) is 5.61. The van der Waals surface area contributed by atoms with Crippen LogP contribution in [0.15, 0.2) is 77.8 Å². The highest BCUT2D eigenvalue weighted by Gasteiger charge is 2.07. The molecule has 3 rings (SSSR count). The Labute approximate surface area is 170 Å². The minimum absolute atomic E-state index is 0.155. The predicted octanol–water partition coefficient (Wildman–Crippen LogP) is 6.74. The second kappa shape index (κ2) is 8.25. The highest BCUT2D eigenvalue weighted by molar-refractivity contribution is 14.1. The molecule has 120 valence electrons. The third-order valence-corrected chi connectivity index (χ3v) is 5.48. The van der Waals surface area contributed by atoms with Gasteiger partial charge in [-0.3, -0.25) is 4.99 Å². The largest absolute Gasteiger partial charge is 0.285 e. The monoisotopic (exact) mass is 537 g/mol. The standard InChI is InChI=1S/C21H17I2N/c1-15(20-12-11-19(22)13-21(20)23)24-14-16-7-9-18(10-8-16)17-5-3-2-4-6-17/h2-15H,1H3. The van der Waals surface area contributed by atoms with E-state index in [9.17, 15) is 0 Å². The summed E-state index contributed by atoms with van der Waals surface area (Å²) in [7, 11) is 0. The molecule has 0 saturated heterocycles. The summed E-state index contributed by atoms with van der Waals surface area (Å²) >= 11 is 4.73. The van der Waals surface area contributed by atoms with Crippen LogP contribution in [0.1, 0.15) is 24.1 Å². The van der Waals surface area contributed by atoms with Crippen LogP contribution in [0.3, 0.4) is 0 Å². The molecule has 1 unspecified atom stereocenters. The second-order valence-corrected chi connectivity index (χ2v) is 8.02. The molecular weight excluding hydrogens is 520 g/mol. The van der Waals surface area contributed by atoms with Gasteiger partial charge in [0.2, 0.25) is 0 Å². The number of hydrogen-bond acceptors (Lipinski definition) is 1. The van der Waals surface area contributed by atoms with Gasteiger partial charge in [0.1, 0.15) is 0 Å². The van der Waals surface area contributed by atoms with Gasteiger partial charge in [0.15, 0.2) is 0 Å². The fraction of sp³-hybridized carbons (Fsp3) is 0.0952. The third kappa shape index (κ3) is 4.45. The summed E-state index contributed by atoms with van der Waals surface area (Å²) in [6.45, 7) is 2.14. The lowest BCUT2D eigenvalue weighted by Gasteiger charge is -2.09. The summed E-state index contributed by atoms with van der Waals surface area (Å²) in [4.78, 5) is 4.73. The average Bonchev–Trinajstić information content (AvgIpc) is 2.61. The van der Waals surface area contributed by atoms with Crippen molar-refractivity contribution in [3.05, 3.63) is 91.1 Å². The molecule has 0 spiro atoms. The zero-order valence-electron chi connectivity index (χ0n) is 13.3. The maximum Gasteiger partial charge on any atom is 0.0731 e. The van der Waals surface area contributed by atoms with Gasteiger partial charge in [0.05, 0.1) is 6.04 Å². The molecule has 1 nitrogen and oxygen atoms in total. The van der Waals surface area contributed by atoms with E-state index in [1.165, 1.54) is 23.8 Å². The van der Waals surface area contributed by atoms with Crippen LogP contribution >= 0.6 is 45.2 Å². The van der Waals surface area contributed by atoms with Crippen LogP contribution in [-0.4, -0.2) is 6.21 Å². The van der Waals surface area contributed by atoms with Gasteiger partial charge in [-0.2, -0.15) is 0 Å². The summed E-state index contributed by atoms with van der Waals surface area (Å²) in [5.41, 5.74) is 4.87. The first-order valence-electron chi connectivity index (χ1n) is 7.77. The van der Waals surface area contributed by atoms with Gasteiger partial charge < -0.3 is 0 Å². The van der Waals surface area contributed by atoms with Crippen LogP contribution in [0.25, 0.3) is 11.1 Å². The van der Waals surface area contributed by atoms with E-state index in [1.807, 2.05) is 12.3 Å². The molecule has 0 saturated carbocycles. The van der Waals surface area contributed by atoms with E-state index < -0.39 is 0 Å². The van der Waals surface area contributed by atoms with Crippen LogP contribution in [-0.2, 0) is 0 Å². The summed E-state index contributed by atoms with van der Waals surface area (Å²) in [6, 6.07) is 25.6. The van der Waals surface area contributed by atoms with Crippen LogP contribution in [0.4, 0.5) is 0 Å². The molecular formula is C21H17I2N. The van der Waals surface area contributed by atoms with Crippen molar-refractivity contribution < 1.29 is 0 Å². The minimum atomic E-state index is 0.155. The van der Waals surface area contributed by atoms with Crippen molar-refractivity contribution in [3.63, 3.8) is 0 Å². The molecule has 0 fully saturated rings. The first-order chi connectivity index (χ1) is 11.6. The quantitative estimate of drug-likeness (QED) is 0.258. The molecule has 1 atom stereocenters. The molecule has 0 aliphatic rings. The summed E-state index contributed by atoms with van der Waals surface area (Å²) in [5.74, 6) is 0. The Bertz CT molecular complexity index is 839. The van der Waals surface area contributed by atoms with Crippen LogP contribution in [0.5, 0.6) is 0 Å². The summed E-state index contributed by atoms with van der Waals surface area (Å²) < 4.78 is 2.53. The molecule has 0 heterocycles. The van der Waals surface area contributed by atoms with E-state index in [-0.39, 0.29) is 6.04 Å². The van der Waals surface area contributed by atoms with E-state index in [4.69, 9.17) is 4.99 Å². The molecule has 0 aliphatic carbocycles. The molecule has 0 N–H and O–H groups in total. The summed E-state index contributed by atoms with van der Waals surface area (Å²) in [5, 5.41) is 0. The van der Waals surface area contributed by atoms with E-state index in [1.54, 1.807) is 0 Å². The molecule has 3 heteroatoms. The predicted molar refractivity (Wildman–Crippen MR) is 120 cm³/mol. The number of halogens is 2. The highest BCUT2D eigenvalue weighted by Crippen LogP contribution is 2.25. The Morgan fingerprint density at radius 2 is 1.50 bits per heavy atom. The first-order valence-corrected chi connectivity index (χ1v) is 9.93. The van der Waals surface area contributed by atoms with Crippen LogP contribution < -0.4 is 0 Å². The Balaban J connectivity index is 1.74. The zero-order valence-corrected chi connectivity index (χ0v) is 17.6. The fourth-order valence-electron chi connectivity index (χ4n) is 2.51. The van der Waals surface area contributed by atoms with Gasteiger partial charge in [-0.15, -0.1) is 0 Å². The smallest absolute Gasteiger partial charge is 0.0731 e. The van der Waals surface area contributed by atoms with Crippen molar-refractivity contribution in [1.29, 1.82) is 0 Å². The normalized spacial score (nSPS) is 12.5. The SMILES string of the molecule is CC(N=Cc1ccc(-c2ccccc2)cc1)c1ccc(I)cc1I. The van der Waals surface area contributed by atoms with Crippen molar-refractivity contribution in [3.8, 4) is 11.1 Å². The lowest BCUT2D eigenvalue weighted by molar-refractivity contribution is 0.819. The van der Waals surface area contributed by atoms with Crippen molar-refractivity contribution in [1.82, 2.24) is 0 Å². The maximum atomic E-state index is 4.73. The van der Waals surface area contributed by atoms with Crippen LogP contribution in [0.2, 0.25) is 0 Å². The topological polar surface area (TPSA) is 12.4 Å². The molecule has 0 radical (unpaired) electrons. The molecule has 3 aromatic rings. The van der Waals surface area contributed by atoms with Crippen molar-refractivity contribution in [2.75, 3.05) is 0 Å². The zero-order chi connectivity index (χ0) is 16.9. The Morgan fingerprint density at radius 3 is 2.17 bits per heavy atom. The Hall–Kier alpha value is -1.21. The lowest BCUT2D eigenvalue weighted by Crippen LogP contribution is -1.95. The lowest BCUT2D eigenvalue weighted by atomic mass is 10.0.